The summed E-state index contributed by atoms with van der Waals surface area (Å²) in [7, 11) is -4.00. The van der Waals surface area contributed by atoms with Crippen molar-refractivity contribution in [3.8, 4) is 0 Å². The van der Waals surface area contributed by atoms with E-state index in [1.807, 2.05) is 0 Å². The van der Waals surface area contributed by atoms with Crippen molar-refractivity contribution in [2.45, 2.75) is 11.8 Å². The highest BCUT2D eigenvalue weighted by atomic mass is 32.2. The number of hydrogen-bond donors (Lipinski definition) is 2. The number of hydrogen-bond acceptors (Lipinski definition) is 3. The predicted octanol–water partition coefficient (Wildman–Crippen LogP) is 2.63. The smallest absolute Gasteiger partial charge is 0.335 e. The zero-order valence-electron chi connectivity index (χ0n) is 11.0. The number of anilines is 1. The molecule has 0 fully saturated rings. The van der Waals surface area contributed by atoms with Crippen molar-refractivity contribution < 1.29 is 22.7 Å². The summed E-state index contributed by atoms with van der Waals surface area (Å²) in [5, 5.41) is 8.93. The Morgan fingerprint density at radius 3 is 2.52 bits per heavy atom. The molecule has 0 amide bonds. The minimum Gasteiger partial charge on any atom is -0.478 e. The first kappa shape index (κ1) is 15.0. The standard InChI is InChI=1S/C14H12FNO4S/c1-9-5-6-10(14(17)18)7-13(9)21(19,20)16-12-4-2-3-11(15)8-12/h2-8,16H,1H3,(H,17,18). The summed E-state index contributed by atoms with van der Waals surface area (Å²) in [4.78, 5) is 10.8. The van der Waals surface area contributed by atoms with E-state index in [9.17, 15) is 17.6 Å². The Kier molecular flexibility index (Phi) is 3.95. The van der Waals surface area contributed by atoms with Gasteiger partial charge in [-0.25, -0.2) is 17.6 Å². The molecule has 0 spiro atoms. The maximum Gasteiger partial charge on any atom is 0.335 e. The van der Waals surface area contributed by atoms with Gasteiger partial charge in [-0.05, 0) is 42.8 Å². The molecule has 2 aromatic carbocycles. The fraction of sp³-hybridized carbons (Fsp3) is 0.0714. The van der Waals surface area contributed by atoms with Gasteiger partial charge in [0.2, 0.25) is 0 Å². The van der Waals surface area contributed by atoms with E-state index in [0.29, 0.717) is 5.56 Å². The molecule has 0 saturated carbocycles. The van der Waals surface area contributed by atoms with Crippen molar-refractivity contribution in [1.82, 2.24) is 0 Å². The van der Waals surface area contributed by atoms with Crippen LogP contribution in [0, 0.1) is 12.7 Å². The van der Waals surface area contributed by atoms with E-state index in [1.165, 1.54) is 30.3 Å². The van der Waals surface area contributed by atoms with Crippen LogP contribution in [0.1, 0.15) is 15.9 Å². The van der Waals surface area contributed by atoms with Crippen LogP contribution in [0.2, 0.25) is 0 Å². The Morgan fingerprint density at radius 2 is 1.90 bits per heavy atom. The molecule has 110 valence electrons. The molecule has 0 bridgehead atoms. The molecule has 0 atom stereocenters. The van der Waals surface area contributed by atoms with Gasteiger partial charge in [-0.15, -0.1) is 0 Å². The summed E-state index contributed by atoms with van der Waals surface area (Å²) in [5.41, 5.74) is 0.319. The Labute approximate surface area is 121 Å². The zero-order valence-corrected chi connectivity index (χ0v) is 11.8. The van der Waals surface area contributed by atoms with Crippen LogP contribution in [0.5, 0.6) is 0 Å². The second-order valence-electron chi connectivity index (χ2n) is 4.40. The highest BCUT2D eigenvalue weighted by Crippen LogP contribution is 2.21. The van der Waals surface area contributed by atoms with Crippen molar-refractivity contribution in [1.29, 1.82) is 0 Å². The molecule has 21 heavy (non-hydrogen) atoms. The summed E-state index contributed by atoms with van der Waals surface area (Å²) >= 11 is 0. The molecule has 0 unspecified atom stereocenters. The Bertz CT molecular complexity index is 802. The maximum atomic E-state index is 13.1. The highest BCUT2D eigenvalue weighted by Gasteiger charge is 2.19. The van der Waals surface area contributed by atoms with Crippen LogP contribution in [0.4, 0.5) is 10.1 Å². The van der Waals surface area contributed by atoms with Gasteiger partial charge >= 0.3 is 5.97 Å². The van der Waals surface area contributed by atoms with Crippen LogP contribution in [0.15, 0.2) is 47.4 Å². The third-order valence-corrected chi connectivity index (χ3v) is 4.32. The van der Waals surface area contributed by atoms with Crippen LogP contribution in [-0.2, 0) is 10.0 Å². The van der Waals surface area contributed by atoms with Crippen molar-refractivity contribution in [2.24, 2.45) is 0 Å². The molecule has 0 aliphatic heterocycles. The maximum absolute atomic E-state index is 13.1. The van der Waals surface area contributed by atoms with Crippen molar-refractivity contribution >= 4 is 21.7 Å². The molecule has 7 heteroatoms. The largest absolute Gasteiger partial charge is 0.478 e. The van der Waals surface area contributed by atoms with E-state index in [2.05, 4.69) is 4.72 Å². The van der Waals surface area contributed by atoms with Gasteiger partial charge < -0.3 is 5.11 Å². The average molecular weight is 309 g/mol. The molecule has 0 radical (unpaired) electrons. The van der Waals surface area contributed by atoms with E-state index in [1.54, 1.807) is 6.92 Å². The molecule has 2 N–H and O–H groups in total. The van der Waals surface area contributed by atoms with Crippen molar-refractivity contribution in [3.05, 3.63) is 59.4 Å². The summed E-state index contributed by atoms with van der Waals surface area (Å²) in [6.07, 6.45) is 0. The third-order valence-electron chi connectivity index (χ3n) is 2.80. The molecular formula is C14H12FNO4S. The number of aryl methyl sites for hydroxylation is 1. The lowest BCUT2D eigenvalue weighted by molar-refractivity contribution is 0.0696. The monoisotopic (exact) mass is 309 g/mol. The van der Waals surface area contributed by atoms with Crippen LogP contribution in [0.3, 0.4) is 0 Å². The van der Waals surface area contributed by atoms with E-state index in [4.69, 9.17) is 5.11 Å². The first-order valence-corrected chi connectivity index (χ1v) is 7.40. The van der Waals surface area contributed by atoms with Crippen molar-refractivity contribution in [3.63, 3.8) is 0 Å². The summed E-state index contributed by atoms with van der Waals surface area (Å²) in [5.74, 6) is -1.80. The summed E-state index contributed by atoms with van der Waals surface area (Å²) in [6, 6.07) is 8.79. The fourth-order valence-corrected chi connectivity index (χ4v) is 3.11. The van der Waals surface area contributed by atoms with Gasteiger partial charge in [0.25, 0.3) is 10.0 Å². The van der Waals surface area contributed by atoms with Gasteiger partial charge in [0.1, 0.15) is 5.82 Å². The van der Waals surface area contributed by atoms with E-state index in [-0.39, 0.29) is 16.1 Å². The number of sulfonamides is 1. The molecule has 0 aliphatic carbocycles. The van der Waals surface area contributed by atoms with Gasteiger partial charge in [-0.2, -0.15) is 0 Å². The minimum absolute atomic E-state index is 0.0649. The Balaban J connectivity index is 2.44. The quantitative estimate of drug-likeness (QED) is 0.909. The molecular weight excluding hydrogens is 297 g/mol. The Morgan fingerprint density at radius 1 is 1.19 bits per heavy atom. The predicted molar refractivity (Wildman–Crippen MR) is 75.3 cm³/mol. The van der Waals surface area contributed by atoms with Gasteiger partial charge in [-0.3, -0.25) is 4.72 Å². The molecule has 0 aromatic heterocycles. The summed E-state index contributed by atoms with van der Waals surface area (Å²) in [6.45, 7) is 1.55. The lowest BCUT2D eigenvalue weighted by Gasteiger charge is -2.11. The van der Waals surface area contributed by atoms with Gasteiger partial charge in [0.15, 0.2) is 0 Å². The Hall–Kier alpha value is -2.41. The summed E-state index contributed by atoms with van der Waals surface area (Å²) < 4.78 is 39.9. The SMILES string of the molecule is Cc1ccc(C(=O)O)cc1S(=O)(=O)Nc1cccc(F)c1. The lowest BCUT2D eigenvalue weighted by atomic mass is 10.1. The molecule has 2 aromatic rings. The van der Waals surface area contributed by atoms with Gasteiger partial charge in [-0.1, -0.05) is 12.1 Å². The van der Waals surface area contributed by atoms with Gasteiger partial charge in [0, 0.05) is 0 Å². The molecule has 0 heterocycles. The zero-order chi connectivity index (χ0) is 15.6. The number of halogens is 1. The number of carboxylic acids is 1. The van der Waals surface area contributed by atoms with Crippen molar-refractivity contribution in [2.75, 3.05) is 4.72 Å². The number of carboxylic acid groups (broad SMARTS) is 1. The molecule has 5 nitrogen and oxygen atoms in total. The van der Waals surface area contributed by atoms with E-state index in [0.717, 1.165) is 12.1 Å². The topological polar surface area (TPSA) is 83.5 Å². The van der Waals surface area contributed by atoms with E-state index >= 15 is 0 Å². The molecule has 0 saturated heterocycles. The van der Waals surface area contributed by atoms with Gasteiger partial charge in [0.05, 0.1) is 16.1 Å². The van der Waals surface area contributed by atoms with Crippen LogP contribution >= 0.6 is 0 Å². The van der Waals surface area contributed by atoms with Crippen LogP contribution < -0.4 is 4.72 Å². The molecule has 0 aliphatic rings. The number of benzene rings is 2. The lowest BCUT2D eigenvalue weighted by Crippen LogP contribution is -2.15. The molecule has 2 rings (SSSR count). The van der Waals surface area contributed by atoms with Crippen LogP contribution in [-0.4, -0.2) is 19.5 Å². The first-order chi connectivity index (χ1) is 9.79. The second kappa shape index (κ2) is 5.53. The van der Waals surface area contributed by atoms with E-state index < -0.39 is 21.8 Å². The third kappa shape index (κ3) is 3.38. The highest BCUT2D eigenvalue weighted by molar-refractivity contribution is 7.92. The average Bonchev–Trinajstić information content (AvgIpc) is 2.38. The number of rotatable bonds is 4. The van der Waals surface area contributed by atoms with Crippen LogP contribution in [0.25, 0.3) is 0 Å². The fourth-order valence-electron chi connectivity index (χ4n) is 1.78. The number of nitrogens with one attached hydrogen (secondary N) is 1. The second-order valence-corrected chi connectivity index (χ2v) is 6.05. The number of aromatic carboxylic acids is 1. The number of carbonyl (C=O) groups is 1. The normalized spacial score (nSPS) is 11.1. The minimum atomic E-state index is -4.00. The first-order valence-electron chi connectivity index (χ1n) is 5.92.